The van der Waals surface area contributed by atoms with Gasteiger partial charge in [-0.1, -0.05) is 18.2 Å². The summed E-state index contributed by atoms with van der Waals surface area (Å²) in [5.41, 5.74) is 2.94. The number of hydrogen-bond donors (Lipinski definition) is 1. The van der Waals surface area contributed by atoms with Gasteiger partial charge in [-0.2, -0.15) is 5.10 Å². The van der Waals surface area contributed by atoms with E-state index in [1.54, 1.807) is 0 Å². The quantitative estimate of drug-likeness (QED) is 0.563. The summed E-state index contributed by atoms with van der Waals surface area (Å²) in [4.78, 5) is 10.7. The van der Waals surface area contributed by atoms with Crippen LogP contribution in [0.5, 0.6) is 0 Å². The summed E-state index contributed by atoms with van der Waals surface area (Å²) in [6, 6.07) is 10.0. The zero-order chi connectivity index (χ0) is 17.9. The topological polar surface area (TPSA) is 97.8 Å². The standard InChI is InChI=1S/C17H18N8O/c1-24(2)17-16(20-14-15(21-17)23-26-22-14)18-9-8-12-10-19-25(11-12)13-6-4-3-5-7-13/h3-7,10-11H,8-9H2,1-2H3,(H,18,20,22). The first-order valence-corrected chi connectivity index (χ1v) is 8.21. The van der Waals surface area contributed by atoms with Gasteiger partial charge in [-0.15, -0.1) is 0 Å². The zero-order valence-corrected chi connectivity index (χ0v) is 14.5. The van der Waals surface area contributed by atoms with Gasteiger partial charge in [0.15, 0.2) is 11.6 Å². The third kappa shape index (κ3) is 3.18. The lowest BCUT2D eigenvalue weighted by molar-refractivity contribution is 0.314. The molecule has 4 rings (SSSR count). The number of hydrogen-bond acceptors (Lipinski definition) is 8. The number of rotatable bonds is 6. The molecule has 0 bridgehead atoms. The predicted octanol–water partition coefficient (Wildman–Crippen LogP) is 1.92. The number of benzene rings is 1. The molecule has 0 atom stereocenters. The second-order valence-corrected chi connectivity index (χ2v) is 6.01. The summed E-state index contributed by atoms with van der Waals surface area (Å²) in [7, 11) is 3.80. The SMILES string of the molecule is CN(C)c1nc2nonc2nc1NCCc1cnn(-c2ccccc2)c1. The van der Waals surface area contributed by atoms with Gasteiger partial charge < -0.3 is 10.2 Å². The Bertz CT molecular complexity index is 1010. The van der Waals surface area contributed by atoms with Crippen LogP contribution in [-0.2, 0) is 6.42 Å². The van der Waals surface area contributed by atoms with Crippen LogP contribution in [0.2, 0.25) is 0 Å². The van der Waals surface area contributed by atoms with Crippen molar-refractivity contribution in [2.24, 2.45) is 0 Å². The number of fused-ring (bicyclic) bond motifs is 1. The van der Waals surface area contributed by atoms with Gasteiger partial charge in [0.05, 0.1) is 11.9 Å². The molecule has 1 N–H and O–H groups in total. The number of nitrogens with zero attached hydrogens (tertiary/aromatic N) is 7. The Balaban J connectivity index is 1.46. The maximum absolute atomic E-state index is 4.69. The minimum Gasteiger partial charge on any atom is -0.367 e. The highest BCUT2D eigenvalue weighted by Gasteiger charge is 2.14. The van der Waals surface area contributed by atoms with Crippen LogP contribution in [-0.4, -0.2) is 50.7 Å². The number of anilines is 2. The van der Waals surface area contributed by atoms with E-state index in [1.807, 2.05) is 66.4 Å². The van der Waals surface area contributed by atoms with E-state index in [9.17, 15) is 0 Å². The molecule has 0 saturated heterocycles. The van der Waals surface area contributed by atoms with Crippen molar-refractivity contribution < 1.29 is 4.63 Å². The summed E-state index contributed by atoms with van der Waals surface area (Å²) < 4.78 is 6.56. The van der Waals surface area contributed by atoms with Crippen LogP contribution in [0.4, 0.5) is 11.6 Å². The molecule has 0 spiro atoms. The van der Waals surface area contributed by atoms with Crippen molar-refractivity contribution in [1.82, 2.24) is 30.1 Å². The molecule has 4 aromatic rings. The van der Waals surface area contributed by atoms with Crippen molar-refractivity contribution in [3.8, 4) is 5.69 Å². The van der Waals surface area contributed by atoms with Crippen LogP contribution >= 0.6 is 0 Å². The van der Waals surface area contributed by atoms with E-state index < -0.39 is 0 Å². The summed E-state index contributed by atoms with van der Waals surface area (Å²) in [6.07, 6.45) is 4.70. The first-order chi connectivity index (χ1) is 12.7. The van der Waals surface area contributed by atoms with Gasteiger partial charge >= 0.3 is 0 Å². The van der Waals surface area contributed by atoms with Crippen LogP contribution in [0.1, 0.15) is 5.56 Å². The highest BCUT2D eigenvalue weighted by Crippen LogP contribution is 2.21. The largest absolute Gasteiger partial charge is 0.367 e. The smallest absolute Gasteiger partial charge is 0.245 e. The fourth-order valence-corrected chi connectivity index (χ4v) is 2.60. The maximum atomic E-state index is 4.69. The fraction of sp³-hybridized carbons (Fsp3) is 0.235. The van der Waals surface area contributed by atoms with Crippen LogP contribution in [0.25, 0.3) is 17.0 Å². The Hall–Kier alpha value is -3.49. The molecule has 9 heteroatoms. The lowest BCUT2D eigenvalue weighted by Crippen LogP contribution is -2.16. The molecule has 3 heterocycles. The first-order valence-electron chi connectivity index (χ1n) is 8.21. The summed E-state index contributed by atoms with van der Waals surface area (Å²) in [5.74, 6) is 1.34. The third-order valence-corrected chi connectivity index (χ3v) is 3.88. The molecular weight excluding hydrogens is 332 g/mol. The Kier molecular flexibility index (Phi) is 4.18. The van der Waals surface area contributed by atoms with Gasteiger partial charge in [0.1, 0.15) is 0 Å². The lowest BCUT2D eigenvalue weighted by atomic mass is 10.2. The molecule has 9 nitrogen and oxygen atoms in total. The van der Waals surface area contributed by atoms with Crippen LogP contribution in [0, 0.1) is 0 Å². The summed E-state index contributed by atoms with van der Waals surface area (Å²) in [5, 5.41) is 15.2. The molecule has 1 aromatic carbocycles. The molecule has 0 radical (unpaired) electrons. The Morgan fingerprint density at radius 3 is 2.62 bits per heavy atom. The number of para-hydroxylation sites is 1. The van der Waals surface area contributed by atoms with Gasteiger partial charge in [0.2, 0.25) is 11.3 Å². The van der Waals surface area contributed by atoms with E-state index >= 15 is 0 Å². The van der Waals surface area contributed by atoms with Crippen molar-refractivity contribution in [2.45, 2.75) is 6.42 Å². The van der Waals surface area contributed by atoms with Crippen LogP contribution in [0.15, 0.2) is 47.4 Å². The predicted molar refractivity (Wildman–Crippen MR) is 97.5 cm³/mol. The number of nitrogens with one attached hydrogen (secondary N) is 1. The highest BCUT2D eigenvalue weighted by atomic mass is 16.6. The molecular formula is C17H18N8O. The molecule has 26 heavy (non-hydrogen) atoms. The normalized spacial score (nSPS) is 11.0. The van der Waals surface area contributed by atoms with E-state index in [2.05, 4.69) is 30.7 Å². The van der Waals surface area contributed by atoms with Gasteiger partial charge in [0.25, 0.3) is 0 Å². The molecule has 0 aliphatic rings. The molecule has 0 amide bonds. The fourth-order valence-electron chi connectivity index (χ4n) is 2.60. The molecule has 0 fully saturated rings. The summed E-state index contributed by atoms with van der Waals surface area (Å²) in [6.45, 7) is 0.687. The Morgan fingerprint density at radius 2 is 1.85 bits per heavy atom. The lowest BCUT2D eigenvalue weighted by Gasteiger charge is -2.15. The van der Waals surface area contributed by atoms with Gasteiger partial charge in [-0.05, 0) is 34.4 Å². The average molecular weight is 350 g/mol. The van der Waals surface area contributed by atoms with Crippen molar-refractivity contribution in [1.29, 1.82) is 0 Å². The van der Waals surface area contributed by atoms with Crippen LogP contribution < -0.4 is 10.2 Å². The maximum Gasteiger partial charge on any atom is 0.245 e. The van der Waals surface area contributed by atoms with Crippen molar-refractivity contribution in [3.05, 3.63) is 48.3 Å². The highest BCUT2D eigenvalue weighted by molar-refractivity contribution is 5.73. The van der Waals surface area contributed by atoms with E-state index in [0.717, 1.165) is 17.7 Å². The van der Waals surface area contributed by atoms with Crippen molar-refractivity contribution in [2.75, 3.05) is 30.9 Å². The van der Waals surface area contributed by atoms with E-state index in [-0.39, 0.29) is 0 Å². The minimum atomic E-state index is 0.384. The van der Waals surface area contributed by atoms with Crippen LogP contribution in [0.3, 0.4) is 0 Å². The minimum absolute atomic E-state index is 0.384. The molecule has 0 saturated carbocycles. The van der Waals surface area contributed by atoms with Crippen molar-refractivity contribution in [3.63, 3.8) is 0 Å². The first kappa shape index (κ1) is 16.0. The van der Waals surface area contributed by atoms with Gasteiger partial charge in [0, 0.05) is 26.8 Å². The molecule has 132 valence electrons. The van der Waals surface area contributed by atoms with Gasteiger partial charge in [-0.3, -0.25) is 0 Å². The molecule has 0 aliphatic heterocycles. The third-order valence-electron chi connectivity index (χ3n) is 3.88. The molecule has 0 aliphatic carbocycles. The van der Waals surface area contributed by atoms with Gasteiger partial charge in [-0.25, -0.2) is 19.3 Å². The Morgan fingerprint density at radius 1 is 1.08 bits per heavy atom. The van der Waals surface area contributed by atoms with E-state index in [0.29, 0.717) is 29.5 Å². The summed E-state index contributed by atoms with van der Waals surface area (Å²) >= 11 is 0. The Labute approximate surface area is 149 Å². The molecule has 3 aromatic heterocycles. The van der Waals surface area contributed by atoms with E-state index in [1.165, 1.54) is 0 Å². The average Bonchev–Trinajstić information content (AvgIpc) is 3.30. The number of aromatic nitrogens is 6. The zero-order valence-electron chi connectivity index (χ0n) is 14.5. The van der Waals surface area contributed by atoms with E-state index in [4.69, 9.17) is 4.63 Å². The second kappa shape index (κ2) is 6.79. The second-order valence-electron chi connectivity index (χ2n) is 6.01. The monoisotopic (exact) mass is 350 g/mol. The van der Waals surface area contributed by atoms with Crippen molar-refractivity contribution >= 4 is 22.9 Å². The molecule has 0 unspecified atom stereocenters.